The fourth-order valence-corrected chi connectivity index (χ4v) is 2.62. The average molecular weight is 200 g/mol. The molecule has 0 aromatic heterocycles. The number of rotatable bonds is 2. The Morgan fingerprint density at radius 2 is 2.00 bits per heavy atom. The first-order valence-corrected chi connectivity index (χ1v) is 6.09. The van der Waals surface area contributed by atoms with E-state index in [1.165, 1.54) is 37.7 Å². The van der Waals surface area contributed by atoms with Gasteiger partial charge in [0.1, 0.15) is 0 Å². The summed E-state index contributed by atoms with van der Waals surface area (Å²) in [4.78, 5) is 0. The summed E-state index contributed by atoms with van der Waals surface area (Å²) < 4.78 is 0. The molecule has 1 unspecified atom stereocenters. The van der Waals surface area contributed by atoms with Crippen LogP contribution in [0.5, 0.6) is 0 Å². The minimum atomic E-state index is 0.811. The molecule has 1 aliphatic rings. The molecule has 15 heavy (non-hydrogen) atoms. The predicted molar refractivity (Wildman–Crippen MR) is 65.9 cm³/mol. The second kappa shape index (κ2) is 5.16. The molecule has 0 amide bonds. The number of hydrogen-bond acceptors (Lipinski definition) is 0. The maximum absolute atomic E-state index is 2.34. The first-order chi connectivity index (χ1) is 7.40. The molecule has 1 aromatic rings. The van der Waals surface area contributed by atoms with E-state index in [0.717, 1.165) is 5.92 Å². The molecule has 0 N–H and O–H groups in total. The molecule has 1 atom stereocenters. The largest absolute Gasteiger partial charge is 0.0882 e. The molecule has 1 aromatic carbocycles. The van der Waals surface area contributed by atoms with Crippen molar-refractivity contribution in [1.29, 1.82) is 0 Å². The van der Waals surface area contributed by atoms with Crippen LogP contribution in [0.4, 0.5) is 0 Å². The molecule has 2 rings (SSSR count). The zero-order valence-corrected chi connectivity index (χ0v) is 9.58. The summed E-state index contributed by atoms with van der Waals surface area (Å²) in [5.41, 5.74) is 3.17. The van der Waals surface area contributed by atoms with Gasteiger partial charge in [-0.15, -0.1) is 0 Å². The first-order valence-electron chi connectivity index (χ1n) is 6.09. The topological polar surface area (TPSA) is 0 Å². The van der Waals surface area contributed by atoms with Crippen molar-refractivity contribution < 1.29 is 0 Å². The molecule has 0 saturated heterocycles. The second-order valence-corrected chi connectivity index (χ2v) is 4.50. The zero-order valence-electron chi connectivity index (χ0n) is 9.58. The molecular formula is C15H20. The third kappa shape index (κ3) is 2.71. The summed E-state index contributed by atoms with van der Waals surface area (Å²) >= 11 is 0. The first kappa shape index (κ1) is 10.5. The van der Waals surface area contributed by atoms with Gasteiger partial charge in [0.25, 0.3) is 0 Å². The Kier molecular flexibility index (Phi) is 3.60. The van der Waals surface area contributed by atoms with Gasteiger partial charge in [0, 0.05) is 0 Å². The highest BCUT2D eigenvalue weighted by molar-refractivity contribution is 5.19. The molecule has 0 heterocycles. The van der Waals surface area contributed by atoms with Gasteiger partial charge in [-0.3, -0.25) is 0 Å². The van der Waals surface area contributed by atoms with Crippen LogP contribution in [0.1, 0.15) is 38.2 Å². The fraction of sp³-hybridized carbons (Fsp3) is 0.467. The maximum Gasteiger partial charge on any atom is -0.0163 e. The summed E-state index contributed by atoms with van der Waals surface area (Å²) in [6.07, 6.45) is 9.09. The minimum absolute atomic E-state index is 0.811. The van der Waals surface area contributed by atoms with E-state index in [2.05, 4.69) is 43.3 Å². The Morgan fingerprint density at radius 1 is 1.20 bits per heavy atom. The monoisotopic (exact) mass is 200 g/mol. The standard InChI is InChI=1S/C15H20/c1-2-14-10-6-7-11-15(14)12-13-8-4-3-5-9-13/h2-5,8-9,15H,6-7,10-12H2,1H3/b14-2-. The summed E-state index contributed by atoms with van der Waals surface area (Å²) in [5.74, 6) is 0.811. The van der Waals surface area contributed by atoms with Gasteiger partial charge in [-0.05, 0) is 44.1 Å². The highest BCUT2D eigenvalue weighted by Crippen LogP contribution is 2.31. The molecule has 0 nitrogen and oxygen atoms in total. The quantitative estimate of drug-likeness (QED) is 0.622. The van der Waals surface area contributed by atoms with Crippen LogP contribution in [0.25, 0.3) is 0 Å². The highest BCUT2D eigenvalue weighted by Gasteiger charge is 2.17. The maximum atomic E-state index is 2.34. The van der Waals surface area contributed by atoms with Crippen molar-refractivity contribution in [1.82, 2.24) is 0 Å². The van der Waals surface area contributed by atoms with E-state index in [9.17, 15) is 0 Å². The van der Waals surface area contributed by atoms with Crippen LogP contribution in [0.2, 0.25) is 0 Å². The van der Waals surface area contributed by atoms with Crippen molar-refractivity contribution in [3.63, 3.8) is 0 Å². The van der Waals surface area contributed by atoms with E-state index in [1.807, 2.05) is 0 Å². The fourth-order valence-electron chi connectivity index (χ4n) is 2.62. The van der Waals surface area contributed by atoms with Crippen LogP contribution in [0.3, 0.4) is 0 Å². The number of benzene rings is 1. The molecule has 0 radical (unpaired) electrons. The second-order valence-electron chi connectivity index (χ2n) is 4.50. The Morgan fingerprint density at radius 3 is 2.73 bits per heavy atom. The van der Waals surface area contributed by atoms with Gasteiger partial charge in [-0.25, -0.2) is 0 Å². The van der Waals surface area contributed by atoms with E-state index >= 15 is 0 Å². The molecule has 1 aliphatic carbocycles. The predicted octanol–water partition coefficient (Wildman–Crippen LogP) is 4.37. The lowest BCUT2D eigenvalue weighted by molar-refractivity contribution is 0.450. The van der Waals surface area contributed by atoms with Gasteiger partial charge in [0.05, 0.1) is 0 Å². The lowest BCUT2D eigenvalue weighted by Gasteiger charge is -2.25. The van der Waals surface area contributed by atoms with Crippen molar-refractivity contribution in [3.05, 3.63) is 47.5 Å². The Balaban J connectivity index is 2.04. The van der Waals surface area contributed by atoms with E-state index in [4.69, 9.17) is 0 Å². The van der Waals surface area contributed by atoms with E-state index in [1.54, 1.807) is 5.57 Å². The summed E-state index contributed by atoms with van der Waals surface area (Å²) in [7, 11) is 0. The lowest BCUT2D eigenvalue weighted by Crippen LogP contribution is -2.12. The summed E-state index contributed by atoms with van der Waals surface area (Å²) in [5, 5.41) is 0. The molecule has 0 spiro atoms. The minimum Gasteiger partial charge on any atom is -0.0882 e. The zero-order chi connectivity index (χ0) is 10.5. The molecule has 0 bridgehead atoms. The van der Waals surface area contributed by atoms with Gasteiger partial charge in [-0.1, -0.05) is 48.4 Å². The van der Waals surface area contributed by atoms with Gasteiger partial charge in [0.2, 0.25) is 0 Å². The lowest BCUT2D eigenvalue weighted by atomic mass is 9.80. The van der Waals surface area contributed by atoms with E-state index in [-0.39, 0.29) is 0 Å². The van der Waals surface area contributed by atoms with E-state index < -0.39 is 0 Å². The Hall–Kier alpha value is -1.04. The third-order valence-electron chi connectivity index (χ3n) is 3.49. The molecule has 0 heteroatoms. The smallest absolute Gasteiger partial charge is 0.0163 e. The van der Waals surface area contributed by atoms with Gasteiger partial charge in [0.15, 0.2) is 0 Å². The molecule has 1 fully saturated rings. The van der Waals surface area contributed by atoms with Crippen LogP contribution in [-0.4, -0.2) is 0 Å². The number of allylic oxidation sites excluding steroid dienone is 2. The average Bonchev–Trinajstić information content (AvgIpc) is 2.31. The Bertz CT molecular complexity index is 321. The molecule has 0 aliphatic heterocycles. The van der Waals surface area contributed by atoms with Crippen LogP contribution >= 0.6 is 0 Å². The number of hydrogen-bond donors (Lipinski definition) is 0. The van der Waals surface area contributed by atoms with Crippen molar-refractivity contribution in [2.45, 2.75) is 39.0 Å². The van der Waals surface area contributed by atoms with Crippen LogP contribution in [-0.2, 0) is 6.42 Å². The van der Waals surface area contributed by atoms with Gasteiger partial charge < -0.3 is 0 Å². The van der Waals surface area contributed by atoms with Crippen LogP contribution < -0.4 is 0 Å². The highest BCUT2D eigenvalue weighted by atomic mass is 14.2. The van der Waals surface area contributed by atoms with Crippen molar-refractivity contribution in [2.75, 3.05) is 0 Å². The van der Waals surface area contributed by atoms with E-state index in [0.29, 0.717) is 0 Å². The van der Waals surface area contributed by atoms with Crippen molar-refractivity contribution >= 4 is 0 Å². The van der Waals surface area contributed by atoms with Crippen molar-refractivity contribution in [3.8, 4) is 0 Å². The van der Waals surface area contributed by atoms with Gasteiger partial charge in [-0.2, -0.15) is 0 Å². The molecule has 80 valence electrons. The Labute approximate surface area is 93.0 Å². The SMILES string of the molecule is C/C=C1/CCCCC1Cc1ccccc1. The van der Waals surface area contributed by atoms with Crippen LogP contribution in [0, 0.1) is 5.92 Å². The normalized spacial score (nSPS) is 24.3. The van der Waals surface area contributed by atoms with Crippen LogP contribution in [0.15, 0.2) is 42.0 Å². The third-order valence-corrected chi connectivity index (χ3v) is 3.49. The molecular weight excluding hydrogens is 180 g/mol. The molecule has 1 saturated carbocycles. The summed E-state index contributed by atoms with van der Waals surface area (Å²) in [6.45, 7) is 2.19. The van der Waals surface area contributed by atoms with Crippen molar-refractivity contribution in [2.24, 2.45) is 5.92 Å². The summed E-state index contributed by atoms with van der Waals surface area (Å²) in [6, 6.07) is 10.9. The van der Waals surface area contributed by atoms with Gasteiger partial charge >= 0.3 is 0 Å².